The molecular formula is C19H24N2O2S. The van der Waals surface area contributed by atoms with E-state index in [0.717, 1.165) is 21.1 Å². The van der Waals surface area contributed by atoms with Crippen molar-refractivity contribution in [2.24, 2.45) is 0 Å². The maximum absolute atomic E-state index is 12.8. The minimum absolute atomic E-state index is 0.0949. The standard InChI is InChI=1S/C19H24N2O2S/c1-12-5-7-16(8-6-12)19-17(24-15(4)20-19)9-18(22)21-10-13(2)23-14(3)11-21/h5-8,13-14H,9-11H2,1-4H3/t13-,14-/m1/s1. The van der Waals surface area contributed by atoms with Gasteiger partial charge in [0.05, 0.1) is 29.3 Å². The van der Waals surface area contributed by atoms with E-state index in [-0.39, 0.29) is 18.1 Å². The van der Waals surface area contributed by atoms with Crippen LogP contribution < -0.4 is 0 Å². The van der Waals surface area contributed by atoms with Crippen molar-refractivity contribution in [3.05, 3.63) is 39.7 Å². The second-order valence-corrected chi connectivity index (χ2v) is 7.89. The number of aryl methyl sites for hydroxylation is 2. The number of carbonyl (C=O) groups is 1. The Hall–Kier alpha value is -1.72. The molecule has 0 radical (unpaired) electrons. The molecule has 0 bridgehead atoms. The van der Waals surface area contributed by atoms with Crippen LogP contribution in [0.5, 0.6) is 0 Å². The topological polar surface area (TPSA) is 42.4 Å². The number of amides is 1. The molecule has 128 valence electrons. The van der Waals surface area contributed by atoms with Crippen LogP contribution >= 0.6 is 11.3 Å². The summed E-state index contributed by atoms with van der Waals surface area (Å²) >= 11 is 1.62. The molecule has 2 heterocycles. The van der Waals surface area contributed by atoms with E-state index in [9.17, 15) is 4.79 Å². The zero-order valence-corrected chi connectivity index (χ0v) is 15.5. The number of rotatable bonds is 3. The Morgan fingerprint density at radius 2 is 1.83 bits per heavy atom. The van der Waals surface area contributed by atoms with E-state index in [1.807, 2.05) is 25.7 Å². The number of thiazole rings is 1. The van der Waals surface area contributed by atoms with Crippen molar-refractivity contribution < 1.29 is 9.53 Å². The molecule has 3 rings (SSSR count). The Balaban J connectivity index is 1.80. The van der Waals surface area contributed by atoms with Gasteiger partial charge in [0.1, 0.15) is 0 Å². The molecule has 0 aliphatic carbocycles. The van der Waals surface area contributed by atoms with Crippen molar-refractivity contribution in [2.45, 2.75) is 46.3 Å². The van der Waals surface area contributed by atoms with Crippen LogP contribution in [0, 0.1) is 13.8 Å². The first-order valence-electron chi connectivity index (χ1n) is 8.39. The minimum atomic E-state index is 0.0949. The zero-order valence-electron chi connectivity index (χ0n) is 14.7. The maximum atomic E-state index is 12.8. The van der Waals surface area contributed by atoms with Gasteiger partial charge in [-0.25, -0.2) is 4.98 Å². The third-order valence-corrected chi connectivity index (χ3v) is 5.18. The fraction of sp³-hybridized carbons (Fsp3) is 0.474. The monoisotopic (exact) mass is 344 g/mol. The van der Waals surface area contributed by atoms with Crippen LogP contribution in [0.25, 0.3) is 11.3 Å². The first-order valence-corrected chi connectivity index (χ1v) is 9.20. The van der Waals surface area contributed by atoms with Gasteiger partial charge in [0.2, 0.25) is 5.91 Å². The van der Waals surface area contributed by atoms with E-state index >= 15 is 0 Å². The number of carbonyl (C=O) groups excluding carboxylic acids is 1. The van der Waals surface area contributed by atoms with Crippen LogP contribution in [0.15, 0.2) is 24.3 Å². The van der Waals surface area contributed by atoms with E-state index in [2.05, 4.69) is 36.2 Å². The molecule has 0 N–H and O–H groups in total. The van der Waals surface area contributed by atoms with Gasteiger partial charge in [0, 0.05) is 23.5 Å². The lowest BCUT2D eigenvalue weighted by Crippen LogP contribution is -2.48. The van der Waals surface area contributed by atoms with E-state index in [0.29, 0.717) is 19.5 Å². The van der Waals surface area contributed by atoms with Gasteiger partial charge in [-0.3, -0.25) is 4.79 Å². The van der Waals surface area contributed by atoms with Crippen LogP contribution in [0.1, 0.15) is 29.3 Å². The maximum Gasteiger partial charge on any atom is 0.228 e. The number of ether oxygens (including phenoxy) is 1. The van der Waals surface area contributed by atoms with Crippen LogP contribution in [-0.4, -0.2) is 41.1 Å². The summed E-state index contributed by atoms with van der Waals surface area (Å²) < 4.78 is 5.72. The third kappa shape index (κ3) is 3.84. The van der Waals surface area contributed by atoms with Gasteiger partial charge in [0.25, 0.3) is 0 Å². The van der Waals surface area contributed by atoms with E-state index < -0.39 is 0 Å². The van der Waals surface area contributed by atoms with Gasteiger partial charge in [-0.2, -0.15) is 0 Å². The van der Waals surface area contributed by atoms with Crippen molar-refractivity contribution in [1.29, 1.82) is 0 Å². The molecule has 4 nitrogen and oxygen atoms in total. The fourth-order valence-electron chi connectivity index (χ4n) is 3.16. The quantitative estimate of drug-likeness (QED) is 0.854. The summed E-state index contributed by atoms with van der Waals surface area (Å²) in [6.45, 7) is 9.44. The second-order valence-electron chi connectivity index (χ2n) is 6.60. The van der Waals surface area contributed by atoms with Crippen molar-refractivity contribution in [3.63, 3.8) is 0 Å². The third-order valence-electron chi connectivity index (χ3n) is 4.21. The molecule has 5 heteroatoms. The Kier molecular flexibility index (Phi) is 5.01. The van der Waals surface area contributed by atoms with Gasteiger partial charge >= 0.3 is 0 Å². The number of nitrogens with zero attached hydrogens (tertiary/aromatic N) is 2. The van der Waals surface area contributed by atoms with Crippen molar-refractivity contribution in [3.8, 4) is 11.3 Å². The molecule has 2 aromatic rings. The van der Waals surface area contributed by atoms with Gasteiger partial charge in [-0.1, -0.05) is 29.8 Å². The normalized spacial score (nSPS) is 21.1. The summed E-state index contributed by atoms with van der Waals surface area (Å²) in [5, 5.41) is 0.997. The summed E-state index contributed by atoms with van der Waals surface area (Å²) in [4.78, 5) is 20.4. The summed E-state index contributed by atoms with van der Waals surface area (Å²) in [5.41, 5.74) is 3.25. The number of morpholine rings is 1. The van der Waals surface area contributed by atoms with Crippen LogP contribution in [0.4, 0.5) is 0 Å². The fourth-order valence-corrected chi connectivity index (χ4v) is 4.11. The van der Waals surface area contributed by atoms with Gasteiger partial charge in [-0.05, 0) is 27.7 Å². The van der Waals surface area contributed by atoms with Crippen LogP contribution in [0.3, 0.4) is 0 Å². The molecule has 24 heavy (non-hydrogen) atoms. The Morgan fingerprint density at radius 3 is 2.46 bits per heavy atom. The predicted octanol–water partition coefficient (Wildman–Crippen LogP) is 3.61. The lowest BCUT2D eigenvalue weighted by atomic mass is 10.1. The number of hydrogen-bond donors (Lipinski definition) is 0. The van der Waals surface area contributed by atoms with Crippen molar-refractivity contribution in [2.75, 3.05) is 13.1 Å². The Morgan fingerprint density at radius 1 is 1.21 bits per heavy atom. The van der Waals surface area contributed by atoms with Gasteiger partial charge < -0.3 is 9.64 Å². The smallest absolute Gasteiger partial charge is 0.228 e. The molecule has 0 saturated carbocycles. The molecule has 0 spiro atoms. The Bertz CT molecular complexity index is 713. The molecule has 1 amide bonds. The summed E-state index contributed by atoms with van der Waals surface area (Å²) in [6, 6.07) is 8.33. The SMILES string of the molecule is Cc1ccc(-c2nc(C)sc2CC(=O)N2C[C@@H](C)O[C@H](C)C2)cc1. The predicted molar refractivity (Wildman–Crippen MR) is 97.3 cm³/mol. The largest absolute Gasteiger partial charge is 0.372 e. The van der Waals surface area contributed by atoms with Gasteiger partial charge in [-0.15, -0.1) is 11.3 Å². The number of aromatic nitrogens is 1. The molecule has 1 aromatic carbocycles. The van der Waals surface area contributed by atoms with E-state index in [1.165, 1.54) is 5.56 Å². The lowest BCUT2D eigenvalue weighted by Gasteiger charge is -2.35. The molecule has 1 fully saturated rings. The second kappa shape index (κ2) is 7.03. The molecule has 1 aliphatic heterocycles. The highest BCUT2D eigenvalue weighted by Crippen LogP contribution is 2.29. The van der Waals surface area contributed by atoms with Crippen molar-refractivity contribution in [1.82, 2.24) is 9.88 Å². The highest BCUT2D eigenvalue weighted by Gasteiger charge is 2.27. The number of hydrogen-bond acceptors (Lipinski definition) is 4. The average molecular weight is 344 g/mol. The molecular weight excluding hydrogens is 320 g/mol. The summed E-state index contributed by atoms with van der Waals surface area (Å²) in [7, 11) is 0. The van der Waals surface area contributed by atoms with E-state index in [1.54, 1.807) is 11.3 Å². The highest BCUT2D eigenvalue weighted by atomic mass is 32.1. The molecule has 2 atom stereocenters. The average Bonchev–Trinajstić information content (AvgIpc) is 2.87. The van der Waals surface area contributed by atoms with Gasteiger partial charge in [0.15, 0.2) is 0 Å². The van der Waals surface area contributed by atoms with Crippen molar-refractivity contribution >= 4 is 17.2 Å². The van der Waals surface area contributed by atoms with Crippen LogP contribution in [0.2, 0.25) is 0 Å². The molecule has 1 aromatic heterocycles. The first kappa shape index (κ1) is 17.1. The lowest BCUT2D eigenvalue weighted by molar-refractivity contribution is -0.142. The zero-order chi connectivity index (χ0) is 17.3. The molecule has 1 aliphatic rings. The summed E-state index contributed by atoms with van der Waals surface area (Å²) in [6.07, 6.45) is 0.601. The minimum Gasteiger partial charge on any atom is -0.372 e. The molecule has 1 saturated heterocycles. The number of benzene rings is 1. The summed E-state index contributed by atoms with van der Waals surface area (Å²) in [5.74, 6) is 0.161. The van der Waals surface area contributed by atoms with E-state index in [4.69, 9.17) is 4.74 Å². The molecule has 0 unspecified atom stereocenters. The first-order chi connectivity index (χ1) is 11.4. The van der Waals surface area contributed by atoms with Crippen LogP contribution in [-0.2, 0) is 16.0 Å². The Labute approximate surface area is 147 Å². The highest BCUT2D eigenvalue weighted by molar-refractivity contribution is 7.12.